The van der Waals surface area contributed by atoms with Crippen LogP contribution in [0.2, 0.25) is 0 Å². The molecule has 2 heterocycles. The zero-order valence-corrected chi connectivity index (χ0v) is 17.2. The van der Waals surface area contributed by atoms with Crippen molar-refractivity contribution in [3.8, 4) is 0 Å². The number of imidazole rings is 1. The second-order valence-electron chi connectivity index (χ2n) is 7.44. The van der Waals surface area contributed by atoms with Gasteiger partial charge in [-0.2, -0.15) is 0 Å². The maximum Gasteiger partial charge on any atom is 0.420 e. The van der Waals surface area contributed by atoms with Crippen LogP contribution in [0.3, 0.4) is 0 Å². The Balaban J connectivity index is 0.00000117. The highest BCUT2D eigenvalue weighted by molar-refractivity contribution is 5.89. The van der Waals surface area contributed by atoms with Crippen LogP contribution in [0.15, 0.2) is 18.2 Å². The molecule has 1 aliphatic heterocycles. The van der Waals surface area contributed by atoms with Gasteiger partial charge in [0.05, 0.1) is 11.0 Å². The first kappa shape index (κ1) is 20.2. The number of benzene rings is 1. The molecular weight excluding hydrogens is 328 g/mol. The Morgan fingerprint density at radius 3 is 2.31 bits per heavy atom. The van der Waals surface area contributed by atoms with Crippen molar-refractivity contribution in [1.29, 1.82) is 0 Å². The van der Waals surface area contributed by atoms with Crippen LogP contribution in [0.4, 0.5) is 10.5 Å². The van der Waals surface area contributed by atoms with E-state index in [1.165, 1.54) is 0 Å². The third-order valence-corrected chi connectivity index (χ3v) is 4.25. The Bertz CT molecular complexity index is 753. The molecule has 3 rings (SSSR count). The van der Waals surface area contributed by atoms with Crippen molar-refractivity contribution in [2.75, 3.05) is 38.1 Å². The largest absolute Gasteiger partial charge is 0.443 e. The van der Waals surface area contributed by atoms with Crippen LogP contribution >= 0.6 is 0 Å². The normalized spacial score (nSPS) is 15.6. The number of rotatable bonds is 1. The molecule has 0 amide bonds. The molecule has 0 N–H and O–H groups in total. The zero-order chi connectivity index (χ0) is 19.5. The van der Waals surface area contributed by atoms with Gasteiger partial charge in [0, 0.05) is 31.9 Å². The number of piperazine rings is 1. The SMILES string of the molecule is CC.Cc1nc2cc(N3CCN(C)CC3)ccc2n1C(=O)OC(C)(C)C. The topological polar surface area (TPSA) is 50.6 Å². The van der Waals surface area contributed by atoms with Crippen molar-refractivity contribution in [1.82, 2.24) is 14.5 Å². The average Bonchev–Trinajstić information content (AvgIpc) is 2.90. The van der Waals surface area contributed by atoms with Gasteiger partial charge in [0.2, 0.25) is 0 Å². The van der Waals surface area contributed by atoms with Crippen molar-refractivity contribution >= 4 is 22.8 Å². The second kappa shape index (κ2) is 8.08. The lowest BCUT2D eigenvalue weighted by Gasteiger charge is -2.34. The summed E-state index contributed by atoms with van der Waals surface area (Å²) < 4.78 is 7.05. The number of carbonyl (C=O) groups is 1. The monoisotopic (exact) mass is 360 g/mol. The molecule has 0 aliphatic carbocycles. The maximum absolute atomic E-state index is 12.5. The van der Waals surface area contributed by atoms with Gasteiger partial charge in [-0.15, -0.1) is 0 Å². The van der Waals surface area contributed by atoms with E-state index < -0.39 is 5.60 Å². The number of nitrogens with zero attached hydrogens (tertiary/aromatic N) is 4. The highest BCUT2D eigenvalue weighted by atomic mass is 16.6. The van der Waals surface area contributed by atoms with Gasteiger partial charge in [-0.05, 0) is 52.9 Å². The smallest absolute Gasteiger partial charge is 0.420 e. The van der Waals surface area contributed by atoms with E-state index in [1.54, 1.807) is 4.57 Å². The maximum atomic E-state index is 12.5. The quantitative estimate of drug-likeness (QED) is 0.772. The van der Waals surface area contributed by atoms with Crippen LogP contribution < -0.4 is 4.90 Å². The number of hydrogen-bond acceptors (Lipinski definition) is 5. The number of anilines is 1. The van der Waals surface area contributed by atoms with Gasteiger partial charge in [0.15, 0.2) is 0 Å². The third-order valence-electron chi connectivity index (χ3n) is 4.25. The van der Waals surface area contributed by atoms with Crippen LogP contribution in [0.5, 0.6) is 0 Å². The Kier molecular flexibility index (Phi) is 6.29. The third kappa shape index (κ3) is 4.55. The Labute approximate surface area is 156 Å². The Hall–Kier alpha value is -2.08. The molecule has 26 heavy (non-hydrogen) atoms. The summed E-state index contributed by atoms with van der Waals surface area (Å²) in [4.78, 5) is 21.7. The summed E-state index contributed by atoms with van der Waals surface area (Å²) in [5, 5.41) is 0. The number of aryl methyl sites for hydroxylation is 1. The number of hydrogen-bond donors (Lipinski definition) is 0. The van der Waals surface area contributed by atoms with E-state index in [2.05, 4.69) is 34.0 Å². The standard InChI is InChI=1S/C18H26N4O2.C2H6/c1-13-19-15-12-14(21-10-8-20(5)9-11-21)6-7-16(15)22(13)17(23)24-18(2,3)4;1-2/h6-7,12H,8-11H2,1-5H3;1-2H3. The van der Waals surface area contributed by atoms with Crippen LogP contribution in [-0.2, 0) is 4.74 Å². The van der Waals surface area contributed by atoms with E-state index in [-0.39, 0.29) is 6.09 Å². The highest BCUT2D eigenvalue weighted by Crippen LogP contribution is 2.24. The first-order chi connectivity index (χ1) is 12.2. The fraction of sp³-hybridized carbons (Fsp3) is 0.600. The van der Waals surface area contributed by atoms with Gasteiger partial charge >= 0.3 is 6.09 Å². The molecule has 0 atom stereocenters. The van der Waals surface area contributed by atoms with Gasteiger partial charge in [-0.1, -0.05) is 13.8 Å². The van der Waals surface area contributed by atoms with Crippen LogP contribution in [0.25, 0.3) is 11.0 Å². The van der Waals surface area contributed by atoms with E-state index in [1.807, 2.05) is 47.6 Å². The Morgan fingerprint density at radius 1 is 1.12 bits per heavy atom. The first-order valence-electron chi connectivity index (χ1n) is 9.40. The molecule has 1 fully saturated rings. The molecule has 1 aromatic carbocycles. The molecule has 144 valence electrons. The van der Waals surface area contributed by atoms with E-state index >= 15 is 0 Å². The predicted octanol–water partition coefficient (Wildman–Crippen LogP) is 3.91. The molecule has 0 radical (unpaired) electrons. The number of ether oxygens (including phenoxy) is 1. The molecule has 0 saturated carbocycles. The summed E-state index contributed by atoms with van der Waals surface area (Å²) in [5.74, 6) is 0.648. The summed E-state index contributed by atoms with van der Waals surface area (Å²) in [5.41, 5.74) is 2.25. The fourth-order valence-corrected chi connectivity index (χ4v) is 2.99. The van der Waals surface area contributed by atoms with Crippen molar-refractivity contribution in [3.63, 3.8) is 0 Å². The van der Waals surface area contributed by atoms with Gasteiger partial charge in [-0.25, -0.2) is 14.3 Å². The molecule has 0 unspecified atom stereocenters. The van der Waals surface area contributed by atoms with Crippen LogP contribution in [0.1, 0.15) is 40.4 Å². The lowest BCUT2D eigenvalue weighted by atomic mass is 10.2. The fourth-order valence-electron chi connectivity index (χ4n) is 2.99. The van der Waals surface area contributed by atoms with Gasteiger partial charge in [0.1, 0.15) is 11.4 Å². The molecule has 0 spiro atoms. The predicted molar refractivity (Wildman–Crippen MR) is 107 cm³/mol. The summed E-state index contributed by atoms with van der Waals surface area (Å²) in [6.45, 7) is 15.6. The summed E-state index contributed by atoms with van der Waals surface area (Å²) in [7, 11) is 2.15. The van der Waals surface area contributed by atoms with Crippen molar-refractivity contribution < 1.29 is 9.53 Å². The summed E-state index contributed by atoms with van der Waals surface area (Å²) in [6, 6.07) is 6.09. The summed E-state index contributed by atoms with van der Waals surface area (Å²) >= 11 is 0. The minimum atomic E-state index is -0.528. The second-order valence-corrected chi connectivity index (χ2v) is 7.44. The van der Waals surface area contributed by atoms with Gasteiger partial charge in [0.25, 0.3) is 0 Å². The average molecular weight is 361 g/mol. The van der Waals surface area contributed by atoms with E-state index in [4.69, 9.17) is 4.74 Å². The number of likely N-dealkylation sites (N-methyl/N-ethyl adjacent to an activating group) is 1. The van der Waals surface area contributed by atoms with E-state index in [9.17, 15) is 4.79 Å². The number of carbonyl (C=O) groups excluding carboxylic acids is 1. The van der Waals surface area contributed by atoms with Gasteiger partial charge in [-0.3, -0.25) is 0 Å². The van der Waals surface area contributed by atoms with E-state index in [0.717, 1.165) is 42.9 Å². The minimum Gasteiger partial charge on any atom is -0.443 e. The van der Waals surface area contributed by atoms with Crippen molar-refractivity contribution in [2.24, 2.45) is 0 Å². The number of aromatic nitrogens is 2. The van der Waals surface area contributed by atoms with Gasteiger partial charge < -0.3 is 14.5 Å². The molecule has 2 aromatic rings. The van der Waals surface area contributed by atoms with Crippen molar-refractivity contribution in [3.05, 3.63) is 24.0 Å². The van der Waals surface area contributed by atoms with E-state index in [0.29, 0.717) is 5.82 Å². The zero-order valence-electron chi connectivity index (χ0n) is 17.2. The molecule has 0 bridgehead atoms. The Morgan fingerprint density at radius 2 is 1.73 bits per heavy atom. The molecule has 1 saturated heterocycles. The first-order valence-corrected chi connectivity index (χ1v) is 9.40. The number of fused-ring (bicyclic) bond motifs is 1. The lowest BCUT2D eigenvalue weighted by molar-refractivity contribution is 0.0540. The highest BCUT2D eigenvalue weighted by Gasteiger charge is 2.22. The molecule has 6 nitrogen and oxygen atoms in total. The molecular formula is C20H32N4O2. The minimum absolute atomic E-state index is 0.380. The molecule has 1 aromatic heterocycles. The molecule has 6 heteroatoms. The van der Waals surface area contributed by atoms with Crippen LogP contribution in [0, 0.1) is 6.92 Å². The van der Waals surface area contributed by atoms with Crippen molar-refractivity contribution in [2.45, 2.75) is 47.1 Å². The lowest BCUT2D eigenvalue weighted by Crippen LogP contribution is -2.44. The van der Waals surface area contributed by atoms with Crippen LogP contribution in [-0.4, -0.2) is 59.4 Å². The molecule has 1 aliphatic rings. The summed E-state index contributed by atoms with van der Waals surface area (Å²) in [6.07, 6.45) is -0.380.